The molecule has 0 aliphatic carbocycles. The lowest BCUT2D eigenvalue weighted by molar-refractivity contribution is -0.156. The Labute approximate surface area is 113 Å². The van der Waals surface area contributed by atoms with Crippen molar-refractivity contribution in [3.63, 3.8) is 0 Å². The molecule has 6 heteroatoms. The molecule has 0 spiro atoms. The number of carbonyl (C=O) groups is 2. The smallest absolute Gasteiger partial charge is 0.309 e. The van der Waals surface area contributed by atoms with Crippen molar-refractivity contribution in [2.24, 2.45) is 5.92 Å². The minimum Gasteiger partial charge on any atom is -0.452 e. The first-order chi connectivity index (χ1) is 8.82. The molecular weight excluding hydrogens is 246 g/mol. The summed E-state index contributed by atoms with van der Waals surface area (Å²) in [6.07, 6.45) is 0.783. The van der Waals surface area contributed by atoms with E-state index in [0.717, 1.165) is 0 Å². The van der Waals surface area contributed by atoms with Gasteiger partial charge in [-0.2, -0.15) is 5.10 Å². The molecule has 0 radical (unpaired) electrons. The van der Waals surface area contributed by atoms with E-state index in [1.807, 2.05) is 13.8 Å². The molecule has 1 rings (SSSR count). The molecule has 0 aliphatic rings. The van der Waals surface area contributed by atoms with E-state index in [1.54, 1.807) is 37.7 Å². The molecule has 0 fully saturated rings. The fourth-order valence-corrected chi connectivity index (χ4v) is 1.42. The monoisotopic (exact) mass is 267 g/mol. The molecule has 1 aromatic heterocycles. The van der Waals surface area contributed by atoms with E-state index < -0.39 is 6.10 Å². The quantitative estimate of drug-likeness (QED) is 0.828. The minimum absolute atomic E-state index is 0.138. The number of rotatable bonds is 5. The lowest BCUT2D eigenvalue weighted by Crippen LogP contribution is -2.32. The summed E-state index contributed by atoms with van der Waals surface area (Å²) in [5.41, 5.74) is 0. The maximum Gasteiger partial charge on any atom is 0.309 e. The van der Waals surface area contributed by atoms with Gasteiger partial charge in [0.15, 0.2) is 6.10 Å². The Bertz CT molecular complexity index is 452. The van der Waals surface area contributed by atoms with Gasteiger partial charge in [-0.15, -0.1) is 0 Å². The first kappa shape index (κ1) is 15.2. The molecule has 0 aliphatic heterocycles. The second kappa shape index (κ2) is 6.36. The fraction of sp³-hybridized carbons (Fsp3) is 0.615. The van der Waals surface area contributed by atoms with Gasteiger partial charge in [-0.1, -0.05) is 13.8 Å². The number of ether oxygens (including phenoxy) is 1. The van der Waals surface area contributed by atoms with Crippen LogP contribution >= 0.6 is 0 Å². The Balaban J connectivity index is 2.64. The minimum atomic E-state index is -0.828. The van der Waals surface area contributed by atoms with Gasteiger partial charge in [-0.3, -0.25) is 9.59 Å². The molecule has 106 valence electrons. The number of nitrogens with one attached hydrogen (secondary N) is 1. The summed E-state index contributed by atoms with van der Waals surface area (Å²) in [5, 5.41) is 6.81. The van der Waals surface area contributed by atoms with Gasteiger partial charge < -0.3 is 10.1 Å². The van der Waals surface area contributed by atoms with Gasteiger partial charge in [-0.05, 0) is 20.8 Å². The molecule has 1 heterocycles. The second-order valence-corrected chi connectivity index (χ2v) is 4.98. The normalized spacial score (nSPS) is 12.6. The summed E-state index contributed by atoms with van der Waals surface area (Å²) in [4.78, 5) is 23.3. The molecule has 0 bridgehead atoms. The van der Waals surface area contributed by atoms with Crippen molar-refractivity contribution in [2.45, 2.75) is 46.8 Å². The molecule has 1 unspecified atom stereocenters. The van der Waals surface area contributed by atoms with Crippen LogP contribution in [0.1, 0.15) is 40.7 Å². The summed E-state index contributed by atoms with van der Waals surface area (Å²) >= 11 is 0. The van der Waals surface area contributed by atoms with Crippen LogP contribution in [-0.2, 0) is 14.3 Å². The highest BCUT2D eigenvalue weighted by Crippen LogP contribution is 2.13. The van der Waals surface area contributed by atoms with Gasteiger partial charge in [0.1, 0.15) is 5.82 Å². The van der Waals surface area contributed by atoms with E-state index in [1.165, 1.54) is 0 Å². The first-order valence-electron chi connectivity index (χ1n) is 6.37. The molecule has 6 nitrogen and oxygen atoms in total. The van der Waals surface area contributed by atoms with E-state index in [-0.39, 0.29) is 23.8 Å². The van der Waals surface area contributed by atoms with Crippen LogP contribution in [0, 0.1) is 5.92 Å². The van der Waals surface area contributed by atoms with Gasteiger partial charge in [0.2, 0.25) is 0 Å². The molecule has 0 saturated heterocycles. The van der Waals surface area contributed by atoms with Crippen LogP contribution in [0.5, 0.6) is 0 Å². The number of nitrogens with zero attached hydrogens (tertiary/aromatic N) is 2. The Morgan fingerprint density at radius 2 is 1.89 bits per heavy atom. The zero-order valence-electron chi connectivity index (χ0n) is 12.0. The average molecular weight is 267 g/mol. The van der Waals surface area contributed by atoms with Crippen LogP contribution in [0.25, 0.3) is 0 Å². The Morgan fingerprint density at radius 3 is 2.42 bits per heavy atom. The fourth-order valence-electron chi connectivity index (χ4n) is 1.42. The average Bonchev–Trinajstić information content (AvgIpc) is 2.76. The van der Waals surface area contributed by atoms with Gasteiger partial charge in [0, 0.05) is 12.1 Å². The first-order valence-corrected chi connectivity index (χ1v) is 6.37. The molecule has 1 N–H and O–H groups in total. The van der Waals surface area contributed by atoms with Crippen molar-refractivity contribution in [1.82, 2.24) is 9.78 Å². The third kappa shape index (κ3) is 4.08. The van der Waals surface area contributed by atoms with Crippen molar-refractivity contribution < 1.29 is 14.3 Å². The van der Waals surface area contributed by atoms with Gasteiger partial charge in [0.25, 0.3) is 5.91 Å². The summed E-state index contributed by atoms with van der Waals surface area (Å²) in [6.45, 7) is 8.92. The lowest BCUT2D eigenvalue weighted by Gasteiger charge is -2.16. The molecule has 0 saturated carbocycles. The van der Waals surface area contributed by atoms with Crippen LogP contribution in [-0.4, -0.2) is 27.8 Å². The van der Waals surface area contributed by atoms with E-state index in [0.29, 0.717) is 5.82 Å². The third-order valence-corrected chi connectivity index (χ3v) is 2.54. The van der Waals surface area contributed by atoms with Crippen LogP contribution in [0.15, 0.2) is 12.3 Å². The number of anilines is 1. The summed E-state index contributed by atoms with van der Waals surface area (Å²) in [7, 11) is 0. The van der Waals surface area contributed by atoms with Crippen molar-refractivity contribution in [3.05, 3.63) is 12.3 Å². The molecule has 1 amide bonds. The number of aromatic nitrogens is 2. The zero-order chi connectivity index (χ0) is 14.6. The van der Waals surface area contributed by atoms with Crippen LogP contribution < -0.4 is 5.32 Å². The van der Waals surface area contributed by atoms with Crippen molar-refractivity contribution in [2.75, 3.05) is 5.32 Å². The van der Waals surface area contributed by atoms with Crippen LogP contribution in [0.2, 0.25) is 0 Å². The number of carbonyl (C=O) groups excluding carboxylic acids is 2. The highest BCUT2D eigenvalue weighted by molar-refractivity contribution is 5.94. The highest BCUT2D eigenvalue weighted by atomic mass is 16.5. The Hall–Kier alpha value is -1.85. The summed E-state index contributed by atoms with van der Waals surface area (Å²) < 4.78 is 6.73. The number of amides is 1. The van der Waals surface area contributed by atoms with Crippen LogP contribution in [0.4, 0.5) is 5.82 Å². The van der Waals surface area contributed by atoms with E-state index >= 15 is 0 Å². The number of hydrogen-bond donors (Lipinski definition) is 1. The topological polar surface area (TPSA) is 73.2 Å². The zero-order valence-corrected chi connectivity index (χ0v) is 12.0. The SMILES string of the molecule is CC(C)C(=O)OC(C)C(=O)Nc1ccnn1C(C)C. The van der Waals surface area contributed by atoms with Crippen molar-refractivity contribution >= 4 is 17.7 Å². The van der Waals surface area contributed by atoms with Gasteiger partial charge in [0.05, 0.1) is 12.1 Å². The van der Waals surface area contributed by atoms with E-state index in [2.05, 4.69) is 10.4 Å². The number of esters is 1. The largest absolute Gasteiger partial charge is 0.452 e. The van der Waals surface area contributed by atoms with Crippen molar-refractivity contribution in [3.8, 4) is 0 Å². The predicted molar refractivity (Wildman–Crippen MR) is 71.6 cm³/mol. The maximum atomic E-state index is 11.9. The second-order valence-electron chi connectivity index (χ2n) is 4.98. The Kier molecular flexibility index (Phi) is 5.09. The number of hydrogen-bond acceptors (Lipinski definition) is 4. The highest BCUT2D eigenvalue weighted by Gasteiger charge is 2.20. The van der Waals surface area contributed by atoms with Gasteiger partial charge in [-0.25, -0.2) is 4.68 Å². The molecule has 1 atom stereocenters. The Morgan fingerprint density at radius 1 is 1.26 bits per heavy atom. The summed E-state index contributed by atoms with van der Waals surface area (Å²) in [5.74, 6) is -0.416. The standard InChI is InChI=1S/C13H21N3O3/c1-8(2)13(18)19-10(5)12(17)15-11-6-7-14-16(11)9(3)4/h6-10H,1-5H3,(H,15,17). The van der Waals surface area contributed by atoms with Gasteiger partial charge >= 0.3 is 5.97 Å². The lowest BCUT2D eigenvalue weighted by atomic mass is 10.2. The van der Waals surface area contributed by atoms with Crippen LogP contribution in [0.3, 0.4) is 0 Å². The van der Waals surface area contributed by atoms with Crippen molar-refractivity contribution in [1.29, 1.82) is 0 Å². The maximum absolute atomic E-state index is 11.9. The summed E-state index contributed by atoms with van der Waals surface area (Å²) in [6, 6.07) is 1.84. The van der Waals surface area contributed by atoms with E-state index in [9.17, 15) is 9.59 Å². The third-order valence-electron chi connectivity index (χ3n) is 2.54. The molecule has 1 aromatic rings. The molecule has 19 heavy (non-hydrogen) atoms. The predicted octanol–water partition coefficient (Wildman–Crippen LogP) is 1.99. The van der Waals surface area contributed by atoms with E-state index in [4.69, 9.17) is 4.74 Å². The molecular formula is C13H21N3O3. The molecule has 0 aromatic carbocycles.